The number of rotatable bonds is 3. The number of aromatic nitrogens is 2. The largest absolute Gasteiger partial charge is 0.487 e. The van der Waals surface area contributed by atoms with Crippen LogP contribution < -0.4 is 4.74 Å². The lowest BCUT2D eigenvalue weighted by Gasteiger charge is -2.05. The number of halogens is 2. The van der Waals surface area contributed by atoms with Crippen molar-refractivity contribution in [2.45, 2.75) is 6.61 Å². The maximum absolute atomic E-state index is 5.67. The molecule has 0 saturated carbocycles. The number of hydrogen-bond acceptors (Lipinski definition) is 3. The third-order valence-corrected chi connectivity index (χ3v) is 2.52. The first-order chi connectivity index (χ1) is 7.74. The molecule has 0 atom stereocenters. The molecule has 0 spiro atoms. The van der Waals surface area contributed by atoms with E-state index in [1.165, 1.54) is 0 Å². The summed E-state index contributed by atoms with van der Waals surface area (Å²) in [6.07, 6.45) is 5.08. The topological polar surface area (TPSA) is 35.0 Å². The summed E-state index contributed by atoms with van der Waals surface area (Å²) in [5, 5.41) is 0.455. The van der Waals surface area contributed by atoms with Gasteiger partial charge in [0.2, 0.25) is 0 Å². The molecule has 2 aromatic heterocycles. The average molecular weight is 300 g/mol. The second kappa shape index (κ2) is 5.27. The summed E-state index contributed by atoms with van der Waals surface area (Å²) in [5.41, 5.74) is 0.990. The number of nitrogens with zero attached hydrogens (tertiary/aromatic N) is 2. The zero-order valence-corrected chi connectivity index (χ0v) is 10.6. The average Bonchev–Trinajstić information content (AvgIpc) is 2.28. The summed E-state index contributed by atoms with van der Waals surface area (Å²) in [4.78, 5) is 7.97. The normalized spacial score (nSPS) is 10.1. The van der Waals surface area contributed by atoms with Gasteiger partial charge in [-0.25, -0.2) is 4.98 Å². The molecule has 0 aliphatic rings. The van der Waals surface area contributed by atoms with Crippen molar-refractivity contribution < 1.29 is 4.74 Å². The quantitative estimate of drug-likeness (QED) is 0.814. The fourth-order valence-corrected chi connectivity index (χ4v) is 1.67. The molecule has 0 bridgehead atoms. The molecule has 0 amide bonds. The minimum atomic E-state index is 0.454. The lowest BCUT2D eigenvalue weighted by atomic mass is 10.3. The van der Waals surface area contributed by atoms with Gasteiger partial charge in [0, 0.05) is 22.4 Å². The monoisotopic (exact) mass is 298 g/mol. The van der Waals surface area contributed by atoms with Crippen molar-refractivity contribution in [1.82, 2.24) is 9.97 Å². The lowest BCUT2D eigenvalue weighted by Crippen LogP contribution is -1.96. The van der Waals surface area contributed by atoms with Crippen LogP contribution in [0.25, 0.3) is 0 Å². The molecule has 2 heterocycles. The molecule has 2 aromatic rings. The zero-order valence-electron chi connectivity index (χ0n) is 8.23. The summed E-state index contributed by atoms with van der Waals surface area (Å²) < 4.78 is 6.45. The van der Waals surface area contributed by atoms with Gasteiger partial charge in [-0.2, -0.15) is 0 Å². The molecule has 0 aliphatic heterocycles. The Morgan fingerprint density at radius 3 is 2.81 bits per heavy atom. The zero-order chi connectivity index (χ0) is 11.4. The Morgan fingerprint density at radius 2 is 2.12 bits per heavy atom. The van der Waals surface area contributed by atoms with Crippen LogP contribution in [0, 0.1) is 0 Å². The van der Waals surface area contributed by atoms with Crippen LogP contribution in [-0.2, 0) is 6.61 Å². The van der Waals surface area contributed by atoms with E-state index in [9.17, 15) is 0 Å². The molecule has 0 aliphatic carbocycles. The second-order valence-electron chi connectivity index (χ2n) is 3.12. The van der Waals surface area contributed by atoms with Crippen LogP contribution in [0.4, 0.5) is 0 Å². The number of pyridine rings is 2. The molecule has 5 heteroatoms. The highest BCUT2D eigenvalue weighted by Crippen LogP contribution is 2.15. The fourth-order valence-electron chi connectivity index (χ4n) is 1.15. The summed E-state index contributed by atoms with van der Waals surface area (Å²) in [7, 11) is 0. The van der Waals surface area contributed by atoms with Crippen LogP contribution in [0.5, 0.6) is 5.75 Å². The Balaban J connectivity index is 1.99. The first-order valence-corrected chi connectivity index (χ1v) is 5.75. The van der Waals surface area contributed by atoms with Gasteiger partial charge in [0.05, 0.1) is 6.20 Å². The fraction of sp³-hybridized carbons (Fsp3) is 0.0909. The van der Waals surface area contributed by atoms with E-state index < -0.39 is 0 Å². The highest BCUT2D eigenvalue weighted by molar-refractivity contribution is 9.10. The third kappa shape index (κ3) is 3.18. The highest BCUT2D eigenvalue weighted by Gasteiger charge is 1.98. The van der Waals surface area contributed by atoms with Crippen LogP contribution in [0.15, 0.2) is 41.3 Å². The number of ether oxygens (including phenoxy) is 1. The predicted molar refractivity (Wildman–Crippen MR) is 65.5 cm³/mol. The summed E-state index contributed by atoms with van der Waals surface area (Å²) in [6.45, 7) is 0.454. The molecule has 0 saturated heterocycles. The summed E-state index contributed by atoms with van der Waals surface area (Å²) in [5.74, 6) is 0.685. The van der Waals surface area contributed by atoms with Gasteiger partial charge >= 0.3 is 0 Å². The predicted octanol–water partition coefficient (Wildman–Crippen LogP) is 3.47. The van der Waals surface area contributed by atoms with E-state index in [0.717, 1.165) is 10.0 Å². The lowest BCUT2D eigenvalue weighted by molar-refractivity contribution is 0.304. The van der Waals surface area contributed by atoms with E-state index in [2.05, 4.69) is 25.9 Å². The summed E-state index contributed by atoms with van der Waals surface area (Å²) in [6, 6.07) is 5.42. The minimum Gasteiger partial charge on any atom is -0.487 e. The van der Waals surface area contributed by atoms with Gasteiger partial charge < -0.3 is 4.74 Å². The van der Waals surface area contributed by atoms with Gasteiger partial charge in [0.15, 0.2) is 0 Å². The molecule has 0 radical (unpaired) electrons. The standard InChI is InChI=1S/C11H8BrClN2O/c12-9-3-8(4-14-5-9)7-16-10-1-2-11(13)15-6-10/h1-6H,7H2. The Hall–Kier alpha value is -1.13. The first-order valence-electron chi connectivity index (χ1n) is 4.58. The molecule has 82 valence electrons. The highest BCUT2D eigenvalue weighted by atomic mass is 79.9. The van der Waals surface area contributed by atoms with Gasteiger partial charge in [0.1, 0.15) is 17.5 Å². The van der Waals surface area contributed by atoms with Crippen LogP contribution >= 0.6 is 27.5 Å². The Bertz CT molecular complexity index is 476. The second-order valence-corrected chi connectivity index (χ2v) is 4.42. The van der Waals surface area contributed by atoms with Crippen LogP contribution in [0.1, 0.15) is 5.56 Å². The third-order valence-electron chi connectivity index (χ3n) is 1.87. The van der Waals surface area contributed by atoms with Crippen molar-refractivity contribution in [3.8, 4) is 5.75 Å². The van der Waals surface area contributed by atoms with Gasteiger partial charge in [-0.05, 0) is 34.1 Å². The Labute approximate surface area is 107 Å². The van der Waals surface area contributed by atoms with E-state index in [0.29, 0.717) is 17.5 Å². The first kappa shape index (κ1) is 11.4. The van der Waals surface area contributed by atoms with Crippen molar-refractivity contribution >= 4 is 27.5 Å². The van der Waals surface area contributed by atoms with E-state index in [1.54, 1.807) is 30.7 Å². The molecule has 2 rings (SSSR count). The molecule has 0 fully saturated rings. The van der Waals surface area contributed by atoms with Crippen molar-refractivity contribution in [2.75, 3.05) is 0 Å². The molecule has 0 N–H and O–H groups in total. The van der Waals surface area contributed by atoms with Gasteiger partial charge in [-0.15, -0.1) is 0 Å². The minimum absolute atomic E-state index is 0.454. The van der Waals surface area contributed by atoms with E-state index in [-0.39, 0.29) is 0 Å². The van der Waals surface area contributed by atoms with Gasteiger partial charge in [-0.3, -0.25) is 4.98 Å². The van der Waals surface area contributed by atoms with E-state index in [4.69, 9.17) is 16.3 Å². The van der Waals surface area contributed by atoms with Gasteiger partial charge in [-0.1, -0.05) is 11.6 Å². The molecule has 0 aromatic carbocycles. The smallest absolute Gasteiger partial charge is 0.138 e. The Kier molecular flexibility index (Phi) is 3.74. The summed E-state index contributed by atoms with van der Waals surface area (Å²) >= 11 is 9.02. The van der Waals surface area contributed by atoms with Crippen molar-refractivity contribution in [3.05, 3.63) is 52.0 Å². The molecule has 3 nitrogen and oxygen atoms in total. The maximum atomic E-state index is 5.67. The van der Waals surface area contributed by atoms with E-state index >= 15 is 0 Å². The Morgan fingerprint density at radius 1 is 1.25 bits per heavy atom. The molecular formula is C11H8BrClN2O. The van der Waals surface area contributed by atoms with Crippen LogP contribution in [0.2, 0.25) is 5.15 Å². The van der Waals surface area contributed by atoms with E-state index in [1.807, 2.05) is 6.07 Å². The van der Waals surface area contributed by atoms with Crippen molar-refractivity contribution in [2.24, 2.45) is 0 Å². The SMILES string of the molecule is Clc1ccc(OCc2cncc(Br)c2)cn1. The number of hydrogen-bond donors (Lipinski definition) is 0. The maximum Gasteiger partial charge on any atom is 0.138 e. The van der Waals surface area contributed by atoms with Gasteiger partial charge in [0.25, 0.3) is 0 Å². The van der Waals surface area contributed by atoms with Crippen LogP contribution in [0.3, 0.4) is 0 Å². The molecule has 16 heavy (non-hydrogen) atoms. The molecule has 0 unspecified atom stereocenters. The van der Waals surface area contributed by atoms with Crippen molar-refractivity contribution in [3.63, 3.8) is 0 Å². The molecular weight excluding hydrogens is 291 g/mol. The van der Waals surface area contributed by atoms with Crippen molar-refractivity contribution in [1.29, 1.82) is 0 Å². The van der Waals surface area contributed by atoms with Crippen LogP contribution in [-0.4, -0.2) is 9.97 Å².